The van der Waals surface area contributed by atoms with Crippen molar-refractivity contribution < 1.29 is 13.2 Å². The van der Waals surface area contributed by atoms with E-state index in [1.165, 1.54) is 6.92 Å². The van der Waals surface area contributed by atoms with Crippen molar-refractivity contribution in [2.75, 3.05) is 0 Å². The Morgan fingerprint density at radius 2 is 1.81 bits per heavy atom. The molecule has 0 fully saturated rings. The molecule has 1 rings (SSSR count). The molecule has 0 nitrogen and oxygen atoms in total. The zero-order chi connectivity index (χ0) is 12.3. The van der Waals surface area contributed by atoms with Gasteiger partial charge in [0, 0.05) is 0 Å². The predicted octanol–water partition coefficient (Wildman–Crippen LogP) is 4.78. The van der Waals surface area contributed by atoms with Crippen LogP contribution in [-0.2, 0) is 0 Å². The summed E-state index contributed by atoms with van der Waals surface area (Å²) in [6.45, 7) is 4.84. The summed E-state index contributed by atoms with van der Waals surface area (Å²) in [5.74, 6) is -1.43. The lowest BCUT2D eigenvalue weighted by Gasteiger charge is -2.19. The molecule has 0 saturated heterocycles. The lowest BCUT2D eigenvalue weighted by atomic mass is 9.91. The van der Waals surface area contributed by atoms with Crippen molar-refractivity contribution >= 4 is 5.57 Å². The quantitative estimate of drug-likeness (QED) is 0.683. The van der Waals surface area contributed by atoms with Crippen molar-refractivity contribution in [3.63, 3.8) is 0 Å². The minimum atomic E-state index is -4.19. The Hall–Kier alpha value is -1.25. The first-order valence-corrected chi connectivity index (χ1v) is 5.17. The van der Waals surface area contributed by atoms with Crippen molar-refractivity contribution in [2.45, 2.75) is 32.9 Å². The minimum absolute atomic E-state index is 0.339. The maximum Gasteiger partial charge on any atom is 0.395 e. The van der Waals surface area contributed by atoms with Gasteiger partial charge in [-0.15, -0.1) is 0 Å². The Morgan fingerprint density at radius 1 is 1.25 bits per heavy atom. The van der Waals surface area contributed by atoms with Crippen molar-refractivity contribution in [3.8, 4) is 0 Å². The molecule has 1 aromatic carbocycles. The maximum absolute atomic E-state index is 12.7. The van der Waals surface area contributed by atoms with Crippen molar-refractivity contribution in [1.29, 1.82) is 0 Å². The molecule has 0 N–H and O–H groups in total. The number of benzene rings is 1. The third-order valence-electron chi connectivity index (χ3n) is 2.78. The molecule has 0 aliphatic rings. The van der Waals surface area contributed by atoms with Gasteiger partial charge in [-0.05, 0) is 37.5 Å². The molecule has 0 aliphatic heterocycles. The number of hydrogen-bond acceptors (Lipinski definition) is 0. The van der Waals surface area contributed by atoms with Crippen LogP contribution in [-0.4, -0.2) is 6.18 Å². The number of rotatable bonds is 2. The third-order valence-corrected chi connectivity index (χ3v) is 2.78. The largest absolute Gasteiger partial charge is 0.395 e. The monoisotopic (exact) mass is 228 g/mol. The van der Waals surface area contributed by atoms with E-state index >= 15 is 0 Å². The molecule has 88 valence electrons. The zero-order valence-corrected chi connectivity index (χ0v) is 9.60. The molecule has 0 amide bonds. The van der Waals surface area contributed by atoms with Gasteiger partial charge in [-0.25, -0.2) is 0 Å². The summed E-state index contributed by atoms with van der Waals surface area (Å²) in [7, 11) is 0. The van der Waals surface area contributed by atoms with Gasteiger partial charge in [0.05, 0.1) is 5.92 Å². The molecule has 0 bridgehead atoms. The Bertz CT molecular complexity index is 388. The summed E-state index contributed by atoms with van der Waals surface area (Å²) in [4.78, 5) is 0. The van der Waals surface area contributed by atoms with Crippen molar-refractivity contribution in [3.05, 3.63) is 41.5 Å². The van der Waals surface area contributed by atoms with E-state index in [1.807, 2.05) is 19.9 Å². The average Bonchev–Trinajstić information content (AvgIpc) is 2.25. The highest BCUT2D eigenvalue weighted by Crippen LogP contribution is 2.37. The Labute approximate surface area is 93.8 Å². The molecule has 0 aliphatic carbocycles. The van der Waals surface area contributed by atoms with E-state index in [-0.39, 0.29) is 0 Å². The van der Waals surface area contributed by atoms with Gasteiger partial charge in [0.25, 0.3) is 0 Å². The lowest BCUT2D eigenvalue weighted by molar-refractivity contribution is -0.146. The topological polar surface area (TPSA) is 0 Å². The highest BCUT2D eigenvalue weighted by Gasteiger charge is 2.37. The summed E-state index contributed by atoms with van der Waals surface area (Å²) in [5.41, 5.74) is 1.88. The van der Waals surface area contributed by atoms with Crippen LogP contribution in [0.25, 0.3) is 5.57 Å². The molecule has 0 heterocycles. The summed E-state index contributed by atoms with van der Waals surface area (Å²) in [6, 6.07) is 6.67. The highest BCUT2D eigenvalue weighted by atomic mass is 19.4. The van der Waals surface area contributed by atoms with E-state index in [0.717, 1.165) is 5.57 Å². The number of hydrogen-bond donors (Lipinski definition) is 0. The van der Waals surface area contributed by atoms with E-state index in [4.69, 9.17) is 0 Å². The van der Waals surface area contributed by atoms with Crippen LogP contribution in [0, 0.1) is 0 Å². The molecule has 1 unspecified atom stereocenters. The highest BCUT2D eigenvalue weighted by molar-refractivity contribution is 5.66. The molecular weight excluding hydrogens is 213 g/mol. The first kappa shape index (κ1) is 12.8. The van der Waals surface area contributed by atoms with Crippen LogP contribution in [0.5, 0.6) is 0 Å². The van der Waals surface area contributed by atoms with Gasteiger partial charge in [0.1, 0.15) is 0 Å². The standard InChI is InChI=1S/C13H15F3/c1-4-9(2)11-7-5-6-8-12(11)10(3)13(14,15)16/h4-8,10H,1-3H3. The van der Waals surface area contributed by atoms with Gasteiger partial charge in [-0.1, -0.05) is 30.3 Å². The first-order chi connectivity index (χ1) is 7.38. The van der Waals surface area contributed by atoms with Gasteiger partial charge >= 0.3 is 6.18 Å². The van der Waals surface area contributed by atoms with E-state index in [1.54, 1.807) is 24.3 Å². The summed E-state index contributed by atoms with van der Waals surface area (Å²) in [5, 5.41) is 0. The van der Waals surface area contributed by atoms with Crippen molar-refractivity contribution in [1.82, 2.24) is 0 Å². The molecule has 0 aromatic heterocycles. The second-order valence-electron chi connectivity index (χ2n) is 3.82. The van der Waals surface area contributed by atoms with Crippen LogP contribution in [0.3, 0.4) is 0 Å². The Kier molecular flexibility index (Phi) is 3.79. The van der Waals surface area contributed by atoms with E-state index in [9.17, 15) is 13.2 Å². The fourth-order valence-corrected chi connectivity index (χ4v) is 1.57. The van der Waals surface area contributed by atoms with Gasteiger partial charge in [0.2, 0.25) is 0 Å². The summed E-state index contributed by atoms with van der Waals surface area (Å²) < 4.78 is 38.0. The SMILES string of the molecule is CC=C(C)c1ccccc1C(C)C(F)(F)F. The van der Waals surface area contributed by atoms with Crippen LogP contribution in [0.2, 0.25) is 0 Å². The van der Waals surface area contributed by atoms with E-state index in [2.05, 4.69) is 0 Å². The van der Waals surface area contributed by atoms with Crippen LogP contribution in [0.1, 0.15) is 37.8 Å². The predicted molar refractivity (Wildman–Crippen MR) is 60.2 cm³/mol. The summed E-state index contributed by atoms with van der Waals surface area (Å²) >= 11 is 0. The Balaban J connectivity index is 3.24. The van der Waals surface area contributed by atoms with E-state index in [0.29, 0.717) is 11.1 Å². The number of alkyl halides is 3. The Morgan fingerprint density at radius 3 is 2.31 bits per heavy atom. The van der Waals surface area contributed by atoms with Gasteiger partial charge in [0.15, 0.2) is 0 Å². The summed E-state index contributed by atoms with van der Waals surface area (Å²) in [6.07, 6.45) is -2.37. The normalized spacial score (nSPS) is 15.0. The van der Waals surface area contributed by atoms with Crippen LogP contribution < -0.4 is 0 Å². The lowest BCUT2D eigenvalue weighted by Crippen LogP contribution is -2.18. The second-order valence-corrected chi connectivity index (χ2v) is 3.82. The third kappa shape index (κ3) is 2.65. The fraction of sp³-hybridized carbons (Fsp3) is 0.385. The van der Waals surface area contributed by atoms with Gasteiger partial charge in [-0.2, -0.15) is 13.2 Å². The number of allylic oxidation sites excluding steroid dienone is 2. The number of halogens is 3. The van der Waals surface area contributed by atoms with Crippen LogP contribution in [0.15, 0.2) is 30.3 Å². The van der Waals surface area contributed by atoms with Gasteiger partial charge in [-0.3, -0.25) is 0 Å². The van der Waals surface area contributed by atoms with Crippen molar-refractivity contribution in [2.24, 2.45) is 0 Å². The average molecular weight is 228 g/mol. The van der Waals surface area contributed by atoms with E-state index < -0.39 is 12.1 Å². The molecule has 1 atom stereocenters. The molecule has 0 radical (unpaired) electrons. The smallest absolute Gasteiger partial charge is 0.170 e. The van der Waals surface area contributed by atoms with Crippen LogP contribution in [0.4, 0.5) is 13.2 Å². The van der Waals surface area contributed by atoms with Crippen LogP contribution >= 0.6 is 0 Å². The molecule has 0 saturated carbocycles. The first-order valence-electron chi connectivity index (χ1n) is 5.17. The molecule has 3 heteroatoms. The molecule has 1 aromatic rings. The maximum atomic E-state index is 12.7. The van der Waals surface area contributed by atoms with Gasteiger partial charge < -0.3 is 0 Å². The minimum Gasteiger partial charge on any atom is -0.170 e. The fourth-order valence-electron chi connectivity index (χ4n) is 1.57. The second kappa shape index (κ2) is 4.73. The molecule has 0 spiro atoms. The molecule has 16 heavy (non-hydrogen) atoms. The molecular formula is C13H15F3. The zero-order valence-electron chi connectivity index (χ0n) is 9.60.